The van der Waals surface area contributed by atoms with Gasteiger partial charge in [-0.1, -0.05) is 40.1 Å². The van der Waals surface area contributed by atoms with E-state index < -0.39 is 0 Å². The van der Waals surface area contributed by atoms with Crippen molar-refractivity contribution < 1.29 is 0 Å². The normalized spacial score (nSPS) is 11.5. The van der Waals surface area contributed by atoms with Gasteiger partial charge >= 0.3 is 0 Å². The molecule has 80 valence electrons. The third kappa shape index (κ3) is 1.12. The Morgan fingerprint density at radius 2 is 1.94 bits per heavy atom. The number of hydrogen-bond acceptors (Lipinski definition) is 5. The van der Waals surface area contributed by atoms with Crippen molar-refractivity contribution in [2.45, 2.75) is 0 Å². The highest BCUT2D eigenvalue weighted by molar-refractivity contribution is 6.03. The molecule has 2 aromatic heterocycles. The van der Waals surface area contributed by atoms with Gasteiger partial charge in [0.05, 0.1) is 5.52 Å². The second kappa shape index (κ2) is 2.94. The van der Waals surface area contributed by atoms with Crippen molar-refractivity contribution in [3.8, 4) is 0 Å². The number of tetrazole rings is 1. The molecule has 0 atom stereocenters. The van der Waals surface area contributed by atoms with E-state index in [0.717, 1.165) is 21.8 Å². The lowest BCUT2D eigenvalue weighted by atomic mass is 10.1. The first-order chi connectivity index (χ1) is 8.42. The zero-order chi connectivity index (χ0) is 11.2. The predicted molar refractivity (Wildman–Crippen MR) is 61.4 cm³/mol. The minimum atomic E-state index is 0.410. The molecular formula is C11H6N6. The number of aromatic nitrogens is 6. The molecule has 6 nitrogen and oxygen atoms in total. The van der Waals surface area contributed by atoms with Gasteiger partial charge in [-0.05, 0) is 21.9 Å². The highest BCUT2D eigenvalue weighted by Gasteiger charge is 2.06. The lowest BCUT2D eigenvalue weighted by Gasteiger charge is -2.01. The van der Waals surface area contributed by atoms with Crippen LogP contribution in [-0.2, 0) is 0 Å². The van der Waals surface area contributed by atoms with Gasteiger partial charge in [-0.25, -0.2) is 4.98 Å². The average Bonchev–Trinajstić information content (AvgIpc) is 2.83. The number of nitrogens with zero attached hydrogens (tertiary/aromatic N) is 6. The van der Waals surface area contributed by atoms with Crippen LogP contribution in [0.2, 0.25) is 0 Å². The van der Waals surface area contributed by atoms with Gasteiger partial charge in [0.15, 0.2) is 0 Å². The summed E-state index contributed by atoms with van der Waals surface area (Å²) in [6, 6.07) is 12.0. The third-order valence-electron chi connectivity index (χ3n) is 2.73. The Labute approximate surface area is 94.9 Å². The fraction of sp³-hybridized carbons (Fsp3) is 0. The van der Waals surface area contributed by atoms with Crippen molar-refractivity contribution in [1.29, 1.82) is 0 Å². The minimum absolute atomic E-state index is 0.410. The average molecular weight is 222 g/mol. The maximum Gasteiger partial charge on any atom is 0.291 e. The topological polar surface area (TPSA) is 68.9 Å². The molecule has 0 fully saturated rings. The summed E-state index contributed by atoms with van der Waals surface area (Å²) in [5.41, 5.74) is 1.61. The van der Waals surface area contributed by atoms with Crippen LogP contribution in [0.4, 0.5) is 0 Å². The summed E-state index contributed by atoms with van der Waals surface area (Å²) in [7, 11) is 0. The molecule has 0 saturated heterocycles. The van der Waals surface area contributed by atoms with E-state index in [9.17, 15) is 0 Å². The monoisotopic (exact) mass is 222 g/mol. The quantitative estimate of drug-likeness (QED) is 0.418. The van der Waals surface area contributed by atoms with Gasteiger partial charge in [-0.3, -0.25) is 0 Å². The van der Waals surface area contributed by atoms with Crippen LogP contribution in [0.1, 0.15) is 0 Å². The van der Waals surface area contributed by atoms with Crippen molar-refractivity contribution in [3.05, 3.63) is 36.4 Å². The van der Waals surface area contributed by atoms with E-state index in [0.29, 0.717) is 5.78 Å². The molecule has 4 aromatic rings. The summed E-state index contributed by atoms with van der Waals surface area (Å²) >= 11 is 0. The number of hydrogen-bond donors (Lipinski definition) is 0. The van der Waals surface area contributed by atoms with Crippen molar-refractivity contribution in [1.82, 2.24) is 30.2 Å². The first kappa shape index (κ1) is 8.51. The molecule has 4 rings (SSSR count). The highest BCUT2D eigenvalue weighted by atomic mass is 15.6. The number of fused-ring (bicyclic) bond motifs is 4. The second-order valence-corrected chi connectivity index (χ2v) is 3.73. The zero-order valence-electron chi connectivity index (χ0n) is 8.65. The van der Waals surface area contributed by atoms with Crippen molar-refractivity contribution in [2.75, 3.05) is 0 Å². The van der Waals surface area contributed by atoms with E-state index in [2.05, 4.69) is 25.6 Å². The first-order valence-electron chi connectivity index (χ1n) is 5.16. The molecule has 17 heavy (non-hydrogen) atoms. The highest BCUT2D eigenvalue weighted by Crippen LogP contribution is 2.21. The fourth-order valence-electron chi connectivity index (χ4n) is 1.95. The van der Waals surface area contributed by atoms with E-state index in [4.69, 9.17) is 0 Å². The number of rotatable bonds is 0. The number of benzene rings is 2. The summed E-state index contributed by atoms with van der Waals surface area (Å²) in [4.78, 5) is 4.35. The van der Waals surface area contributed by atoms with Crippen LogP contribution in [0.25, 0.3) is 27.6 Å². The Kier molecular flexibility index (Phi) is 1.47. The van der Waals surface area contributed by atoms with Gasteiger partial charge in [0.25, 0.3) is 5.78 Å². The van der Waals surface area contributed by atoms with Crippen molar-refractivity contribution >= 4 is 27.6 Å². The largest absolute Gasteiger partial charge is 0.291 e. The van der Waals surface area contributed by atoms with Crippen LogP contribution in [0.5, 0.6) is 0 Å². The van der Waals surface area contributed by atoms with Gasteiger partial charge in [0.1, 0.15) is 5.52 Å². The van der Waals surface area contributed by atoms with E-state index in [-0.39, 0.29) is 0 Å². The van der Waals surface area contributed by atoms with Gasteiger partial charge in [-0.15, -0.1) is 5.10 Å². The van der Waals surface area contributed by atoms with E-state index in [1.165, 1.54) is 4.63 Å². The maximum absolute atomic E-state index is 4.38. The summed E-state index contributed by atoms with van der Waals surface area (Å²) in [5.74, 6) is 0.410. The Balaban J connectivity index is 2.30. The van der Waals surface area contributed by atoms with Crippen LogP contribution >= 0.6 is 0 Å². The Morgan fingerprint density at radius 1 is 1.00 bits per heavy atom. The van der Waals surface area contributed by atoms with E-state index in [1.54, 1.807) is 0 Å². The van der Waals surface area contributed by atoms with E-state index >= 15 is 0 Å². The molecule has 2 heterocycles. The molecule has 0 unspecified atom stereocenters. The smallest absolute Gasteiger partial charge is 0.207 e. The molecule has 0 aliphatic rings. The van der Waals surface area contributed by atoms with Crippen LogP contribution in [0, 0.1) is 0 Å². The Bertz CT molecular complexity index is 850. The predicted octanol–water partition coefficient (Wildman–Crippen LogP) is 1.22. The van der Waals surface area contributed by atoms with Crippen LogP contribution in [-0.4, -0.2) is 30.2 Å². The summed E-state index contributed by atoms with van der Waals surface area (Å²) in [5, 5.41) is 17.6. The summed E-state index contributed by atoms with van der Waals surface area (Å²) in [6.45, 7) is 0. The van der Waals surface area contributed by atoms with Gasteiger partial charge in [0.2, 0.25) is 0 Å². The molecule has 2 aromatic carbocycles. The minimum Gasteiger partial charge on any atom is -0.207 e. The molecule has 0 amide bonds. The maximum atomic E-state index is 4.38. The third-order valence-corrected chi connectivity index (χ3v) is 2.73. The lowest BCUT2D eigenvalue weighted by Crippen LogP contribution is -1.98. The Hall–Kier alpha value is -2.63. The molecule has 0 spiro atoms. The standard InChI is InChI=1S/C11H6N6/c1-2-4-8-7(3-1)5-6-9-10(8)14-17-11(12-9)13-15-16-17/h1-6H. The molecule has 6 heteroatoms. The molecule has 0 N–H and O–H groups in total. The molecule has 0 aliphatic heterocycles. The van der Waals surface area contributed by atoms with Gasteiger partial charge in [0, 0.05) is 5.39 Å². The summed E-state index contributed by atoms with van der Waals surface area (Å²) < 4.78 is 1.34. The van der Waals surface area contributed by atoms with Crippen LogP contribution in [0.3, 0.4) is 0 Å². The molecule has 0 saturated carbocycles. The van der Waals surface area contributed by atoms with Gasteiger partial charge in [-0.2, -0.15) is 0 Å². The van der Waals surface area contributed by atoms with Crippen LogP contribution in [0.15, 0.2) is 36.4 Å². The van der Waals surface area contributed by atoms with Crippen molar-refractivity contribution in [3.63, 3.8) is 0 Å². The van der Waals surface area contributed by atoms with E-state index in [1.807, 2.05) is 36.4 Å². The molecule has 0 radical (unpaired) electrons. The molecule has 0 bridgehead atoms. The fourth-order valence-corrected chi connectivity index (χ4v) is 1.95. The summed E-state index contributed by atoms with van der Waals surface area (Å²) in [6.07, 6.45) is 0. The SMILES string of the molecule is c1ccc2c(c1)ccc1nc3nnnn3nc12. The molecule has 0 aliphatic carbocycles. The zero-order valence-corrected chi connectivity index (χ0v) is 8.65. The second-order valence-electron chi connectivity index (χ2n) is 3.73. The van der Waals surface area contributed by atoms with Gasteiger partial charge < -0.3 is 0 Å². The van der Waals surface area contributed by atoms with Crippen molar-refractivity contribution in [2.24, 2.45) is 0 Å². The van der Waals surface area contributed by atoms with Crippen LogP contribution < -0.4 is 0 Å². The Morgan fingerprint density at radius 3 is 2.94 bits per heavy atom. The molecular weight excluding hydrogens is 216 g/mol. The first-order valence-corrected chi connectivity index (χ1v) is 5.16. The lowest BCUT2D eigenvalue weighted by molar-refractivity contribution is 0.741.